The van der Waals surface area contributed by atoms with E-state index in [1.165, 1.54) is 24.7 Å². The van der Waals surface area contributed by atoms with E-state index >= 15 is 0 Å². The molecule has 5 heteroatoms. The first-order valence-corrected chi connectivity index (χ1v) is 9.12. The summed E-state index contributed by atoms with van der Waals surface area (Å²) in [5, 5.41) is 4.83. The molecule has 21 heavy (non-hydrogen) atoms. The summed E-state index contributed by atoms with van der Waals surface area (Å²) in [6.07, 6.45) is 7.00. The molecule has 0 aromatic heterocycles. The van der Waals surface area contributed by atoms with Gasteiger partial charge >= 0.3 is 0 Å². The molecule has 1 spiro atoms. The van der Waals surface area contributed by atoms with Crippen molar-refractivity contribution < 1.29 is 8.42 Å². The van der Waals surface area contributed by atoms with Crippen molar-refractivity contribution in [3.63, 3.8) is 0 Å². The third-order valence-electron chi connectivity index (χ3n) is 4.51. The highest BCUT2D eigenvalue weighted by Gasteiger charge is 2.41. The van der Waals surface area contributed by atoms with Crippen molar-refractivity contribution in [1.29, 1.82) is 0 Å². The molecule has 1 heterocycles. The molecule has 0 amide bonds. The van der Waals surface area contributed by atoms with E-state index < -0.39 is 10.0 Å². The maximum absolute atomic E-state index is 12.2. The fraction of sp³-hybridized carbons (Fsp3) is 0.500. The summed E-state index contributed by atoms with van der Waals surface area (Å²) in [7, 11) is -3.37. The van der Waals surface area contributed by atoms with Crippen molar-refractivity contribution in [2.24, 2.45) is 0 Å². The second-order valence-corrected chi connectivity index (χ2v) is 7.72. The Kier molecular flexibility index (Phi) is 4.15. The number of piperidine rings is 1. The molecular weight excluding hydrogens is 284 g/mol. The first-order chi connectivity index (χ1) is 10.1. The minimum atomic E-state index is -3.37. The smallest absolute Gasteiger partial charge is 0.233 e. The van der Waals surface area contributed by atoms with Crippen LogP contribution >= 0.6 is 0 Å². The van der Waals surface area contributed by atoms with E-state index in [-0.39, 0.29) is 11.6 Å². The number of hydrogen-bond acceptors (Lipinski definition) is 3. The molecule has 1 aliphatic heterocycles. The second-order valence-electron chi connectivity index (χ2n) is 6.13. The molecule has 3 rings (SSSR count). The lowest BCUT2D eigenvalue weighted by Crippen LogP contribution is -2.59. The summed E-state index contributed by atoms with van der Waals surface area (Å²) in [6, 6.07) is 9.54. The zero-order chi connectivity index (χ0) is 14.8. The fourth-order valence-corrected chi connectivity index (χ4v) is 4.33. The maximum atomic E-state index is 12.2. The van der Waals surface area contributed by atoms with Crippen molar-refractivity contribution in [3.05, 3.63) is 41.3 Å². The Bertz CT molecular complexity index is 606. The van der Waals surface area contributed by atoms with Crippen molar-refractivity contribution in [1.82, 2.24) is 10.0 Å². The van der Waals surface area contributed by atoms with Gasteiger partial charge in [-0.15, -0.1) is 0 Å². The number of sulfonamides is 1. The maximum Gasteiger partial charge on any atom is 0.233 e. The van der Waals surface area contributed by atoms with Gasteiger partial charge in [0.05, 0.1) is 0 Å². The monoisotopic (exact) mass is 306 g/mol. The number of nitrogens with one attached hydrogen (secondary N) is 2. The average molecular weight is 306 g/mol. The molecule has 2 aliphatic rings. The van der Waals surface area contributed by atoms with Gasteiger partial charge in [-0.2, -0.15) is 0 Å². The van der Waals surface area contributed by atoms with Gasteiger partial charge in [0.1, 0.15) is 0 Å². The van der Waals surface area contributed by atoms with Gasteiger partial charge in [0.25, 0.3) is 0 Å². The molecule has 114 valence electrons. The molecule has 1 aromatic carbocycles. The summed E-state index contributed by atoms with van der Waals surface area (Å²) in [5.41, 5.74) is 1.10. The van der Waals surface area contributed by atoms with E-state index in [9.17, 15) is 8.42 Å². The summed E-state index contributed by atoms with van der Waals surface area (Å²) in [6.45, 7) is 0.898. The fourth-order valence-electron chi connectivity index (χ4n) is 3.25. The van der Waals surface area contributed by atoms with E-state index in [2.05, 4.69) is 10.0 Å². The first kappa shape index (κ1) is 14.8. The predicted molar refractivity (Wildman–Crippen MR) is 85.1 cm³/mol. The molecule has 1 saturated heterocycles. The van der Waals surface area contributed by atoms with Gasteiger partial charge in [0.2, 0.25) is 10.0 Å². The van der Waals surface area contributed by atoms with E-state index in [0.29, 0.717) is 0 Å². The molecule has 2 fully saturated rings. The Morgan fingerprint density at radius 2 is 2.00 bits per heavy atom. The number of benzene rings is 1. The van der Waals surface area contributed by atoms with Crippen molar-refractivity contribution in [2.45, 2.75) is 43.7 Å². The molecule has 4 nitrogen and oxygen atoms in total. The SMILES string of the molecule is O=S(=O)(/C=C/c1ccccc1)NC1CCNC2(CCC2)C1. The number of rotatable bonds is 4. The Hall–Kier alpha value is -1.17. The van der Waals surface area contributed by atoms with Crippen LogP contribution in [0.15, 0.2) is 35.7 Å². The van der Waals surface area contributed by atoms with Crippen molar-refractivity contribution in [3.8, 4) is 0 Å². The Balaban J connectivity index is 1.62. The standard InChI is InChI=1S/C16H22N2O2S/c19-21(20,12-8-14-5-2-1-3-6-14)18-15-7-11-17-16(13-15)9-4-10-16/h1-3,5-6,8,12,15,17-18H,4,7,9-11,13H2/b12-8+. The van der Waals surface area contributed by atoms with Crippen LogP contribution in [0.2, 0.25) is 0 Å². The van der Waals surface area contributed by atoms with Crippen LogP contribution in [0.25, 0.3) is 6.08 Å². The molecule has 1 aromatic rings. The molecule has 0 bridgehead atoms. The van der Waals surface area contributed by atoms with Gasteiger partial charge in [-0.05, 0) is 50.3 Å². The minimum Gasteiger partial charge on any atom is -0.311 e. The first-order valence-electron chi connectivity index (χ1n) is 7.58. The molecule has 1 unspecified atom stereocenters. The van der Waals surface area contributed by atoms with Crippen LogP contribution in [0.5, 0.6) is 0 Å². The van der Waals surface area contributed by atoms with Crippen LogP contribution in [0, 0.1) is 0 Å². The Labute approximate surface area is 126 Å². The molecule has 0 radical (unpaired) electrons. The quantitative estimate of drug-likeness (QED) is 0.897. The van der Waals surface area contributed by atoms with Crippen molar-refractivity contribution >= 4 is 16.1 Å². The van der Waals surface area contributed by atoms with E-state index in [1.54, 1.807) is 6.08 Å². The highest BCUT2D eigenvalue weighted by Crippen LogP contribution is 2.38. The zero-order valence-corrected chi connectivity index (χ0v) is 12.9. The van der Waals surface area contributed by atoms with Crippen LogP contribution in [0.4, 0.5) is 0 Å². The average Bonchev–Trinajstić information content (AvgIpc) is 2.45. The van der Waals surface area contributed by atoms with E-state index in [0.717, 1.165) is 24.9 Å². The lowest BCUT2D eigenvalue weighted by Gasteiger charge is -2.48. The summed E-state index contributed by atoms with van der Waals surface area (Å²) >= 11 is 0. The summed E-state index contributed by atoms with van der Waals surface area (Å²) in [4.78, 5) is 0. The minimum absolute atomic E-state index is 0.0528. The molecule has 1 saturated carbocycles. The zero-order valence-electron chi connectivity index (χ0n) is 12.1. The third kappa shape index (κ3) is 3.73. The molecule has 1 atom stereocenters. The van der Waals surface area contributed by atoms with Crippen molar-refractivity contribution in [2.75, 3.05) is 6.54 Å². The van der Waals surface area contributed by atoms with Gasteiger partial charge in [-0.25, -0.2) is 13.1 Å². The Morgan fingerprint density at radius 1 is 1.24 bits per heavy atom. The van der Waals surface area contributed by atoms with Gasteiger partial charge in [-0.1, -0.05) is 30.3 Å². The van der Waals surface area contributed by atoms with Crippen LogP contribution in [-0.4, -0.2) is 26.5 Å². The largest absolute Gasteiger partial charge is 0.311 e. The highest BCUT2D eigenvalue weighted by atomic mass is 32.2. The lowest BCUT2D eigenvalue weighted by molar-refractivity contribution is 0.126. The van der Waals surface area contributed by atoms with Gasteiger partial charge in [0.15, 0.2) is 0 Å². The molecule has 2 N–H and O–H groups in total. The Morgan fingerprint density at radius 3 is 2.67 bits per heavy atom. The van der Waals surface area contributed by atoms with Crippen LogP contribution in [0.3, 0.4) is 0 Å². The number of hydrogen-bond donors (Lipinski definition) is 2. The van der Waals surface area contributed by atoms with Gasteiger partial charge in [0, 0.05) is 17.0 Å². The molecule has 1 aliphatic carbocycles. The highest BCUT2D eigenvalue weighted by molar-refractivity contribution is 7.92. The van der Waals surface area contributed by atoms with E-state index in [1.807, 2.05) is 30.3 Å². The van der Waals surface area contributed by atoms with Gasteiger partial charge < -0.3 is 5.32 Å². The second kappa shape index (κ2) is 5.91. The van der Waals surface area contributed by atoms with E-state index in [4.69, 9.17) is 0 Å². The topological polar surface area (TPSA) is 58.2 Å². The van der Waals surface area contributed by atoms with Gasteiger partial charge in [-0.3, -0.25) is 0 Å². The normalized spacial score (nSPS) is 25.0. The van der Waals surface area contributed by atoms with Crippen LogP contribution in [0.1, 0.15) is 37.7 Å². The third-order valence-corrected chi connectivity index (χ3v) is 5.67. The van der Waals surface area contributed by atoms with Crippen LogP contribution < -0.4 is 10.0 Å². The molecular formula is C16H22N2O2S. The van der Waals surface area contributed by atoms with Crippen LogP contribution in [-0.2, 0) is 10.0 Å². The summed E-state index contributed by atoms with van der Waals surface area (Å²) < 4.78 is 27.2. The lowest BCUT2D eigenvalue weighted by atomic mass is 9.70. The predicted octanol–water partition coefficient (Wildman–Crippen LogP) is 2.25. The summed E-state index contributed by atoms with van der Waals surface area (Å²) in [5.74, 6) is 0.